The molecule has 0 radical (unpaired) electrons. The van der Waals surface area contributed by atoms with Gasteiger partial charge in [-0.25, -0.2) is 0 Å². The summed E-state index contributed by atoms with van der Waals surface area (Å²) in [6.45, 7) is 3.97. The second-order valence-electron chi connectivity index (χ2n) is 6.95. The Kier molecular flexibility index (Phi) is 6.09. The molecule has 1 amide bonds. The van der Waals surface area contributed by atoms with Gasteiger partial charge in [0.15, 0.2) is 0 Å². The van der Waals surface area contributed by atoms with Gasteiger partial charge in [0, 0.05) is 30.1 Å². The maximum atomic E-state index is 12.8. The average molecular weight is 418 g/mol. The number of nitrogens with zero attached hydrogens (tertiary/aromatic N) is 3. The fraction of sp³-hybridized carbons (Fsp3) is 0.286. The van der Waals surface area contributed by atoms with E-state index in [1.54, 1.807) is 0 Å². The number of benzene rings is 1. The molecule has 158 valence electrons. The summed E-state index contributed by atoms with van der Waals surface area (Å²) in [6.07, 6.45) is -3.94. The largest absolute Gasteiger partial charge is 0.417 e. The second kappa shape index (κ2) is 8.56. The molecule has 0 aliphatic heterocycles. The van der Waals surface area contributed by atoms with E-state index in [1.807, 2.05) is 48.9 Å². The normalized spacial score (nSPS) is 11.5. The molecule has 0 fully saturated rings. The van der Waals surface area contributed by atoms with Gasteiger partial charge in [-0.05, 0) is 25.5 Å². The summed E-state index contributed by atoms with van der Waals surface area (Å²) in [5.74, 6) is -0.564. The van der Waals surface area contributed by atoms with Gasteiger partial charge >= 0.3 is 6.18 Å². The monoisotopic (exact) mass is 418 g/mol. The van der Waals surface area contributed by atoms with E-state index in [2.05, 4.69) is 10.4 Å². The number of carbonyl (C=O) groups excluding carboxylic acids is 1. The highest BCUT2D eigenvalue weighted by Crippen LogP contribution is 2.28. The van der Waals surface area contributed by atoms with Crippen molar-refractivity contribution in [3.05, 3.63) is 87.1 Å². The van der Waals surface area contributed by atoms with Crippen LogP contribution < -0.4 is 10.9 Å². The van der Waals surface area contributed by atoms with Crippen LogP contribution in [0.1, 0.15) is 28.1 Å². The summed E-state index contributed by atoms with van der Waals surface area (Å²) in [5.41, 5.74) is 1.89. The first-order valence-corrected chi connectivity index (χ1v) is 9.26. The van der Waals surface area contributed by atoms with Crippen molar-refractivity contribution in [1.29, 1.82) is 0 Å². The molecule has 3 aromatic rings. The van der Waals surface area contributed by atoms with Crippen molar-refractivity contribution in [2.45, 2.75) is 39.7 Å². The summed E-state index contributed by atoms with van der Waals surface area (Å²) < 4.78 is 41.1. The highest BCUT2D eigenvalue weighted by molar-refractivity contribution is 5.75. The number of pyridine rings is 1. The Hall–Kier alpha value is -3.36. The minimum absolute atomic E-state index is 0.166. The first-order chi connectivity index (χ1) is 14.1. The summed E-state index contributed by atoms with van der Waals surface area (Å²) in [6, 6.07) is 11.3. The molecule has 3 rings (SSSR count). The molecule has 6 nitrogen and oxygen atoms in total. The fourth-order valence-corrected chi connectivity index (χ4v) is 3.12. The van der Waals surface area contributed by atoms with E-state index in [0.717, 1.165) is 33.1 Å². The van der Waals surface area contributed by atoms with Crippen LogP contribution in [0.2, 0.25) is 0 Å². The lowest BCUT2D eigenvalue weighted by molar-refractivity contribution is -0.138. The predicted octanol–water partition coefficient (Wildman–Crippen LogP) is 3.05. The Morgan fingerprint density at radius 3 is 2.47 bits per heavy atom. The van der Waals surface area contributed by atoms with Gasteiger partial charge in [0.25, 0.3) is 5.56 Å². The molecule has 0 aliphatic rings. The van der Waals surface area contributed by atoms with E-state index in [4.69, 9.17) is 0 Å². The molecule has 0 saturated heterocycles. The number of hydrogen-bond donors (Lipinski definition) is 1. The summed E-state index contributed by atoms with van der Waals surface area (Å²) in [4.78, 5) is 24.0. The van der Waals surface area contributed by atoms with E-state index < -0.39 is 29.8 Å². The molecule has 1 aromatic carbocycles. The van der Waals surface area contributed by atoms with Crippen LogP contribution in [0.5, 0.6) is 0 Å². The van der Waals surface area contributed by atoms with Crippen molar-refractivity contribution in [3.8, 4) is 0 Å². The second-order valence-corrected chi connectivity index (χ2v) is 6.95. The minimum Gasteiger partial charge on any atom is -0.350 e. The third kappa shape index (κ3) is 4.97. The van der Waals surface area contributed by atoms with E-state index in [0.29, 0.717) is 18.8 Å². The number of amides is 1. The lowest BCUT2D eigenvalue weighted by atomic mass is 10.2. The molecular weight excluding hydrogens is 397 g/mol. The molecule has 2 aromatic heterocycles. The van der Waals surface area contributed by atoms with Crippen LogP contribution in [0.25, 0.3) is 0 Å². The van der Waals surface area contributed by atoms with E-state index in [9.17, 15) is 22.8 Å². The van der Waals surface area contributed by atoms with Crippen LogP contribution in [0.3, 0.4) is 0 Å². The van der Waals surface area contributed by atoms with Gasteiger partial charge in [0.2, 0.25) is 5.91 Å². The maximum Gasteiger partial charge on any atom is 0.417 e. The Morgan fingerprint density at radius 2 is 1.80 bits per heavy atom. The van der Waals surface area contributed by atoms with Crippen LogP contribution >= 0.6 is 0 Å². The van der Waals surface area contributed by atoms with E-state index in [1.165, 1.54) is 0 Å². The molecule has 0 spiro atoms. The third-order valence-corrected chi connectivity index (χ3v) is 4.79. The SMILES string of the molecule is Cc1nn(Cc2ccccc2)c(C)c1CNC(=O)Cn1cc(C(F)(F)F)ccc1=O. The zero-order valence-electron chi connectivity index (χ0n) is 16.5. The number of halogens is 3. The van der Waals surface area contributed by atoms with Crippen LogP contribution in [-0.2, 0) is 30.6 Å². The molecule has 0 saturated carbocycles. The van der Waals surface area contributed by atoms with Crippen molar-refractivity contribution < 1.29 is 18.0 Å². The van der Waals surface area contributed by atoms with Crippen LogP contribution in [0.15, 0.2) is 53.5 Å². The summed E-state index contributed by atoms with van der Waals surface area (Å²) in [5, 5.41) is 7.16. The van der Waals surface area contributed by atoms with Gasteiger partial charge in [-0.3, -0.25) is 14.3 Å². The lowest BCUT2D eigenvalue weighted by Gasteiger charge is -2.11. The van der Waals surface area contributed by atoms with Gasteiger partial charge in [0.05, 0.1) is 17.8 Å². The number of aromatic nitrogens is 3. The zero-order chi connectivity index (χ0) is 21.9. The first kappa shape index (κ1) is 21.4. The Balaban J connectivity index is 1.68. The zero-order valence-corrected chi connectivity index (χ0v) is 16.5. The molecule has 30 heavy (non-hydrogen) atoms. The summed E-state index contributed by atoms with van der Waals surface area (Å²) >= 11 is 0. The third-order valence-electron chi connectivity index (χ3n) is 4.79. The van der Waals surface area contributed by atoms with Crippen molar-refractivity contribution in [1.82, 2.24) is 19.7 Å². The molecule has 2 heterocycles. The Bertz CT molecular complexity index is 1100. The quantitative estimate of drug-likeness (QED) is 0.669. The first-order valence-electron chi connectivity index (χ1n) is 9.26. The van der Waals surface area contributed by atoms with Gasteiger partial charge in [-0.15, -0.1) is 0 Å². The Morgan fingerprint density at radius 1 is 1.10 bits per heavy atom. The average Bonchev–Trinajstić information content (AvgIpc) is 2.94. The standard InChI is InChI=1S/C21H21F3N4O2/c1-14-18(15(2)28(26-14)11-16-6-4-3-5-7-16)10-25-19(29)13-27-12-17(21(22,23)24)8-9-20(27)30/h3-9,12H,10-11,13H2,1-2H3,(H,25,29). The number of rotatable bonds is 6. The van der Waals surface area contributed by atoms with Crippen molar-refractivity contribution in [3.63, 3.8) is 0 Å². The number of alkyl halides is 3. The van der Waals surface area contributed by atoms with Crippen LogP contribution in [0, 0.1) is 13.8 Å². The van der Waals surface area contributed by atoms with Gasteiger partial charge < -0.3 is 9.88 Å². The van der Waals surface area contributed by atoms with Crippen molar-refractivity contribution in [2.24, 2.45) is 0 Å². The molecular formula is C21H21F3N4O2. The molecule has 9 heteroatoms. The van der Waals surface area contributed by atoms with Crippen molar-refractivity contribution in [2.75, 3.05) is 0 Å². The lowest BCUT2D eigenvalue weighted by Crippen LogP contribution is -2.32. The van der Waals surface area contributed by atoms with E-state index in [-0.39, 0.29) is 6.54 Å². The number of aryl methyl sites for hydroxylation is 1. The minimum atomic E-state index is -4.59. The predicted molar refractivity (Wildman–Crippen MR) is 105 cm³/mol. The number of hydrogen-bond acceptors (Lipinski definition) is 3. The van der Waals surface area contributed by atoms with Crippen molar-refractivity contribution >= 4 is 5.91 Å². The molecule has 0 atom stereocenters. The topological polar surface area (TPSA) is 68.9 Å². The Labute approximate surface area is 171 Å². The van der Waals surface area contributed by atoms with Crippen LogP contribution in [-0.4, -0.2) is 20.3 Å². The summed E-state index contributed by atoms with van der Waals surface area (Å²) in [7, 11) is 0. The van der Waals surface area contributed by atoms with Gasteiger partial charge in [-0.1, -0.05) is 30.3 Å². The van der Waals surface area contributed by atoms with E-state index >= 15 is 0 Å². The van der Waals surface area contributed by atoms with Gasteiger partial charge in [-0.2, -0.15) is 18.3 Å². The highest BCUT2D eigenvalue weighted by atomic mass is 19.4. The molecule has 1 N–H and O–H groups in total. The maximum absolute atomic E-state index is 12.8. The molecule has 0 aliphatic carbocycles. The molecule has 0 bridgehead atoms. The highest BCUT2D eigenvalue weighted by Gasteiger charge is 2.31. The smallest absolute Gasteiger partial charge is 0.350 e. The molecule has 0 unspecified atom stereocenters. The van der Waals surface area contributed by atoms with Gasteiger partial charge in [0.1, 0.15) is 6.54 Å². The number of nitrogens with one attached hydrogen (secondary N) is 1. The van der Waals surface area contributed by atoms with Crippen LogP contribution in [0.4, 0.5) is 13.2 Å². The fourth-order valence-electron chi connectivity index (χ4n) is 3.12. The number of carbonyl (C=O) groups is 1.